The molecule has 1 aromatic rings. The SMILES string of the molecule is CN(CCC(F)(F)F)Cc1cc(C(=O)O)no1. The van der Waals surface area contributed by atoms with Crippen LogP contribution in [0.2, 0.25) is 0 Å². The average Bonchev–Trinajstić information content (AvgIpc) is 2.62. The van der Waals surface area contributed by atoms with E-state index in [9.17, 15) is 18.0 Å². The maximum Gasteiger partial charge on any atom is 0.390 e. The van der Waals surface area contributed by atoms with Crippen LogP contribution >= 0.6 is 0 Å². The third-order valence-corrected chi connectivity index (χ3v) is 1.98. The lowest BCUT2D eigenvalue weighted by molar-refractivity contribution is -0.137. The van der Waals surface area contributed by atoms with Gasteiger partial charge in [-0.15, -0.1) is 0 Å². The Morgan fingerprint density at radius 3 is 2.71 bits per heavy atom. The standard InChI is InChI=1S/C9H11F3N2O3/c1-14(3-2-9(10,11)12)5-6-4-7(8(15)16)13-17-6/h4H,2-3,5H2,1H3,(H,15,16). The van der Waals surface area contributed by atoms with Crippen LogP contribution in [0.4, 0.5) is 13.2 Å². The van der Waals surface area contributed by atoms with Gasteiger partial charge in [-0.1, -0.05) is 5.16 Å². The lowest BCUT2D eigenvalue weighted by atomic mass is 10.3. The zero-order valence-electron chi connectivity index (χ0n) is 8.99. The van der Waals surface area contributed by atoms with E-state index in [-0.39, 0.29) is 24.5 Å². The van der Waals surface area contributed by atoms with Crippen molar-refractivity contribution in [2.45, 2.75) is 19.1 Å². The molecule has 0 aliphatic rings. The number of rotatable bonds is 5. The van der Waals surface area contributed by atoms with Crippen molar-refractivity contribution < 1.29 is 27.6 Å². The van der Waals surface area contributed by atoms with Crippen molar-refractivity contribution in [2.75, 3.05) is 13.6 Å². The highest BCUT2D eigenvalue weighted by Crippen LogP contribution is 2.19. The number of nitrogens with zero attached hydrogens (tertiary/aromatic N) is 2. The van der Waals surface area contributed by atoms with E-state index in [2.05, 4.69) is 9.68 Å². The molecule has 0 bridgehead atoms. The second-order valence-electron chi connectivity index (χ2n) is 3.59. The molecule has 0 radical (unpaired) electrons. The van der Waals surface area contributed by atoms with Gasteiger partial charge in [-0.3, -0.25) is 4.90 Å². The van der Waals surface area contributed by atoms with Crippen LogP contribution in [0, 0.1) is 0 Å². The molecule has 1 aromatic heterocycles. The Morgan fingerprint density at radius 2 is 2.24 bits per heavy atom. The molecule has 17 heavy (non-hydrogen) atoms. The lowest BCUT2D eigenvalue weighted by Crippen LogP contribution is -2.23. The zero-order chi connectivity index (χ0) is 13.1. The molecule has 1 N–H and O–H groups in total. The Labute approximate surface area is 94.8 Å². The molecule has 1 rings (SSSR count). The molecule has 0 fully saturated rings. The fraction of sp³-hybridized carbons (Fsp3) is 0.556. The summed E-state index contributed by atoms with van der Waals surface area (Å²) in [4.78, 5) is 11.8. The first-order valence-corrected chi connectivity index (χ1v) is 4.72. The molecule has 0 saturated heterocycles. The third-order valence-electron chi connectivity index (χ3n) is 1.98. The molecule has 8 heteroatoms. The monoisotopic (exact) mass is 252 g/mol. The van der Waals surface area contributed by atoms with Gasteiger partial charge >= 0.3 is 12.1 Å². The summed E-state index contributed by atoms with van der Waals surface area (Å²) < 4.78 is 40.4. The van der Waals surface area contributed by atoms with Crippen LogP contribution < -0.4 is 0 Å². The summed E-state index contributed by atoms with van der Waals surface area (Å²) in [5, 5.41) is 11.8. The van der Waals surface area contributed by atoms with Gasteiger partial charge < -0.3 is 9.63 Å². The second-order valence-corrected chi connectivity index (χ2v) is 3.59. The quantitative estimate of drug-likeness (QED) is 0.864. The van der Waals surface area contributed by atoms with E-state index in [1.54, 1.807) is 0 Å². The van der Waals surface area contributed by atoms with Gasteiger partial charge in [-0.25, -0.2) is 4.79 Å². The van der Waals surface area contributed by atoms with Crippen LogP contribution in [0.15, 0.2) is 10.6 Å². The molecular formula is C9H11F3N2O3. The summed E-state index contributed by atoms with van der Waals surface area (Å²) in [5.74, 6) is -1.02. The first-order valence-electron chi connectivity index (χ1n) is 4.72. The fourth-order valence-corrected chi connectivity index (χ4v) is 1.15. The topological polar surface area (TPSA) is 66.6 Å². The van der Waals surface area contributed by atoms with E-state index in [0.29, 0.717) is 0 Å². The molecule has 5 nitrogen and oxygen atoms in total. The van der Waals surface area contributed by atoms with E-state index < -0.39 is 18.6 Å². The van der Waals surface area contributed by atoms with E-state index >= 15 is 0 Å². The van der Waals surface area contributed by atoms with Crippen LogP contribution in [0.1, 0.15) is 22.7 Å². The molecule has 0 unspecified atom stereocenters. The van der Waals surface area contributed by atoms with Gasteiger partial charge in [0.15, 0.2) is 11.5 Å². The molecule has 1 heterocycles. The van der Waals surface area contributed by atoms with Crippen molar-refractivity contribution in [3.8, 4) is 0 Å². The summed E-state index contributed by atoms with van der Waals surface area (Å²) in [6, 6.07) is 1.19. The fourth-order valence-electron chi connectivity index (χ4n) is 1.15. The Kier molecular flexibility index (Phi) is 4.11. The number of halogens is 3. The van der Waals surface area contributed by atoms with Gasteiger partial charge in [0.05, 0.1) is 13.0 Å². The van der Waals surface area contributed by atoms with Crippen LogP contribution in [-0.2, 0) is 6.54 Å². The Morgan fingerprint density at radius 1 is 1.59 bits per heavy atom. The van der Waals surface area contributed by atoms with Gasteiger partial charge in [0.1, 0.15) is 0 Å². The number of hydrogen-bond donors (Lipinski definition) is 1. The number of alkyl halides is 3. The van der Waals surface area contributed by atoms with Crippen molar-refractivity contribution in [1.82, 2.24) is 10.1 Å². The number of carboxylic acid groups (broad SMARTS) is 1. The second kappa shape index (κ2) is 5.17. The number of carbonyl (C=O) groups is 1. The minimum Gasteiger partial charge on any atom is -0.476 e. The molecule has 96 valence electrons. The van der Waals surface area contributed by atoms with Crippen molar-refractivity contribution >= 4 is 5.97 Å². The predicted octanol–water partition coefficient (Wildman–Crippen LogP) is 1.76. The Balaban J connectivity index is 2.45. The third kappa shape index (κ3) is 4.85. The van der Waals surface area contributed by atoms with Crippen molar-refractivity contribution in [3.05, 3.63) is 17.5 Å². The maximum atomic E-state index is 11.9. The minimum absolute atomic E-state index is 0.0797. The van der Waals surface area contributed by atoms with E-state index in [1.165, 1.54) is 18.0 Å². The number of hydrogen-bond acceptors (Lipinski definition) is 4. The molecule has 0 aliphatic carbocycles. The zero-order valence-corrected chi connectivity index (χ0v) is 8.99. The smallest absolute Gasteiger partial charge is 0.390 e. The van der Waals surface area contributed by atoms with Gasteiger partial charge in [-0.05, 0) is 7.05 Å². The minimum atomic E-state index is -4.21. The van der Waals surface area contributed by atoms with Gasteiger partial charge in [0.25, 0.3) is 0 Å². The molecule has 0 amide bonds. The molecule has 0 atom stereocenters. The highest BCUT2D eigenvalue weighted by atomic mass is 19.4. The van der Waals surface area contributed by atoms with Crippen LogP contribution in [0.3, 0.4) is 0 Å². The first kappa shape index (κ1) is 13.5. The highest BCUT2D eigenvalue weighted by Gasteiger charge is 2.27. The van der Waals surface area contributed by atoms with E-state index in [4.69, 9.17) is 5.11 Å². The van der Waals surface area contributed by atoms with Crippen LogP contribution in [0.25, 0.3) is 0 Å². The molecule has 0 spiro atoms. The Bertz CT molecular complexity index is 389. The van der Waals surface area contributed by atoms with Crippen molar-refractivity contribution in [2.24, 2.45) is 0 Å². The van der Waals surface area contributed by atoms with Crippen molar-refractivity contribution in [3.63, 3.8) is 0 Å². The number of aromatic carboxylic acids is 1. The van der Waals surface area contributed by atoms with Crippen LogP contribution in [-0.4, -0.2) is 40.9 Å². The number of aromatic nitrogens is 1. The number of carboxylic acids is 1. The lowest BCUT2D eigenvalue weighted by Gasteiger charge is -2.15. The largest absolute Gasteiger partial charge is 0.476 e. The summed E-state index contributed by atoms with van der Waals surface area (Å²) in [6.45, 7) is -0.108. The van der Waals surface area contributed by atoms with Crippen LogP contribution in [0.5, 0.6) is 0 Å². The molecular weight excluding hydrogens is 241 g/mol. The van der Waals surface area contributed by atoms with Gasteiger partial charge in [0, 0.05) is 12.6 Å². The summed E-state index contributed by atoms with van der Waals surface area (Å²) in [7, 11) is 1.48. The molecule has 0 aromatic carbocycles. The molecule has 0 aliphatic heterocycles. The highest BCUT2D eigenvalue weighted by molar-refractivity contribution is 5.85. The van der Waals surface area contributed by atoms with Gasteiger partial charge in [-0.2, -0.15) is 13.2 Å². The summed E-state index contributed by atoms with van der Waals surface area (Å²) >= 11 is 0. The maximum absolute atomic E-state index is 11.9. The average molecular weight is 252 g/mol. The predicted molar refractivity (Wildman–Crippen MR) is 50.5 cm³/mol. The van der Waals surface area contributed by atoms with Gasteiger partial charge in [0.2, 0.25) is 0 Å². The normalized spacial score (nSPS) is 12.1. The van der Waals surface area contributed by atoms with E-state index in [0.717, 1.165) is 0 Å². The first-order chi connectivity index (χ1) is 7.78. The van der Waals surface area contributed by atoms with Crippen molar-refractivity contribution in [1.29, 1.82) is 0 Å². The Hall–Kier alpha value is -1.57. The molecule has 0 saturated carbocycles. The summed E-state index contributed by atoms with van der Waals surface area (Å²) in [5.41, 5.74) is -0.260. The van der Waals surface area contributed by atoms with E-state index in [1.807, 2.05) is 0 Å². The summed E-state index contributed by atoms with van der Waals surface area (Å²) in [6.07, 6.45) is -5.13.